The molecule has 2 heterocycles. The van der Waals surface area contributed by atoms with Crippen LogP contribution in [0.1, 0.15) is 12.5 Å². The summed E-state index contributed by atoms with van der Waals surface area (Å²) in [7, 11) is 0. The minimum absolute atomic E-state index is 0.344. The molecule has 1 aliphatic heterocycles. The molecule has 0 atom stereocenters. The Morgan fingerprint density at radius 2 is 2.42 bits per heavy atom. The molecule has 0 bridgehead atoms. The molecule has 6 heteroatoms. The summed E-state index contributed by atoms with van der Waals surface area (Å²) in [5.41, 5.74) is 3.49. The van der Waals surface area contributed by atoms with Crippen LogP contribution in [0.25, 0.3) is 11.3 Å². The highest BCUT2D eigenvalue weighted by Gasteiger charge is 2.28. The standard InChI is InChI=1S/C13H12ClN3O2/c1-2-19-13(18)17-7-8-6-15-16-12(8)10-5-9(14)3-4-11(10)17/h3-6H,2,7H2,1H3,(H,15,16). The van der Waals surface area contributed by atoms with E-state index in [0.717, 1.165) is 22.5 Å². The monoisotopic (exact) mass is 277 g/mol. The molecule has 1 aromatic heterocycles. The van der Waals surface area contributed by atoms with Gasteiger partial charge in [-0.3, -0.25) is 10.00 Å². The number of nitrogens with one attached hydrogen (secondary N) is 1. The van der Waals surface area contributed by atoms with E-state index in [1.165, 1.54) is 0 Å². The van der Waals surface area contributed by atoms with E-state index >= 15 is 0 Å². The summed E-state index contributed by atoms with van der Waals surface area (Å²) in [6, 6.07) is 5.39. The number of benzene rings is 1. The average molecular weight is 278 g/mol. The molecule has 0 unspecified atom stereocenters. The Labute approximate surface area is 115 Å². The van der Waals surface area contributed by atoms with Crippen molar-refractivity contribution in [1.29, 1.82) is 0 Å². The molecule has 1 aromatic carbocycles. The van der Waals surface area contributed by atoms with E-state index in [9.17, 15) is 4.79 Å². The van der Waals surface area contributed by atoms with Crippen LogP contribution in [0, 0.1) is 0 Å². The number of rotatable bonds is 1. The molecular formula is C13H12ClN3O2. The van der Waals surface area contributed by atoms with Gasteiger partial charge in [0.15, 0.2) is 0 Å². The number of hydrogen-bond acceptors (Lipinski definition) is 3. The number of aromatic nitrogens is 2. The van der Waals surface area contributed by atoms with Crippen molar-refractivity contribution in [3.8, 4) is 11.3 Å². The molecule has 1 aliphatic rings. The number of ether oxygens (including phenoxy) is 1. The first kappa shape index (κ1) is 12.0. The number of halogens is 1. The van der Waals surface area contributed by atoms with Crippen LogP contribution in [0.2, 0.25) is 5.02 Å². The fourth-order valence-electron chi connectivity index (χ4n) is 2.23. The lowest BCUT2D eigenvalue weighted by Gasteiger charge is -2.28. The van der Waals surface area contributed by atoms with Crippen LogP contribution in [-0.4, -0.2) is 22.9 Å². The van der Waals surface area contributed by atoms with Gasteiger partial charge >= 0.3 is 6.09 Å². The van der Waals surface area contributed by atoms with Gasteiger partial charge in [0, 0.05) is 16.1 Å². The third-order valence-electron chi connectivity index (χ3n) is 3.05. The fourth-order valence-corrected chi connectivity index (χ4v) is 2.40. The number of carbonyl (C=O) groups is 1. The van der Waals surface area contributed by atoms with Crippen molar-refractivity contribution in [1.82, 2.24) is 10.2 Å². The first-order chi connectivity index (χ1) is 9.20. The Hall–Kier alpha value is -2.01. The highest BCUT2D eigenvalue weighted by atomic mass is 35.5. The van der Waals surface area contributed by atoms with E-state index in [4.69, 9.17) is 16.3 Å². The second-order valence-corrected chi connectivity index (χ2v) is 4.65. The van der Waals surface area contributed by atoms with Crippen molar-refractivity contribution in [2.75, 3.05) is 11.5 Å². The van der Waals surface area contributed by atoms with Gasteiger partial charge in [-0.25, -0.2) is 4.79 Å². The smallest absolute Gasteiger partial charge is 0.414 e. The van der Waals surface area contributed by atoms with Crippen LogP contribution < -0.4 is 4.90 Å². The lowest BCUT2D eigenvalue weighted by atomic mass is 10.0. The van der Waals surface area contributed by atoms with Crippen molar-refractivity contribution >= 4 is 23.4 Å². The number of anilines is 1. The number of H-pyrrole nitrogens is 1. The molecule has 2 aromatic rings. The van der Waals surface area contributed by atoms with Gasteiger partial charge in [-0.05, 0) is 25.1 Å². The summed E-state index contributed by atoms with van der Waals surface area (Å²) in [5, 5.41) is 7.59. The third kappa shape index (κ3) is 1.96. The van der Waals surface area contributed by atoms with E-state index in [-0.39, 0.29) is 6.09 Å². The van der Waals surface area contributed by atoms with Crippen LogP contribution in [0.3, 0.4) is 0 Å². The zero-order valence-corrected chi connectivity index (χ0v) is 11.1. The lowest BCUT2D eigenvalue weighted by molar-refractivity contribution is 0.159. The molecule has 0 fully saturated rings. The minimum atomic E-state index is -0.363. The predicted octanol–water partition coefficient (Wildman–Crippen LogP) is 3.21. The SMILES string of the molecule is CCOC(=O)N1Cc2cn[nH]c2-c2cc(Cl)ccc21. The molecule has 0 saturated carbocycles. The maximum absolute atomic E-state index is 12.0. The molecule has 0 spiro atoms. The zero-order chi connectivity index (χ0) is 13.4. The van der Waals surface area contributed by atoms with Gasteiger partial charge in [-0.1, -0.05) is 11.6 Å². The highest BCUT2D eigenvalue weighted by Crippen LogP contribution is 2.39. The second-order valence-electron chi connectivity index (χ2n) is 4.22. The van der Waals surface area contributed by atoms with Gasteiger partial charge in [0.25, 0.3) is 0 Å². The van der Waals surface area contributed by atoms with Crippen LogP contribution in [0.15, 0.2) is 24.4 Å². The first-order valence-electron chi connectivity index (χ1n) is 5.97. The van der Waals surface area contributed by atoms with Crippen molar-refractivity contribution in [3.05, 3.63) is 35.0 Å². The second kappa shape index (κ2) is 4.59. The molecular weight excluding hydrogens is 266 g/mol. The van der Waals surface area contributed by atoms with E-state index in [2.05, 4.69) is 10.2 Å². The highest BCUT2D eigenvalue weighted by molar-refractivity contribution is 6.31. The quantitative estimate of drug-likeness (QED) is 0.871. The van der Waals surface area contributed by atoms with Crippen LogP contribution in [0.4, 0.5) is 10.5 Å². The van der Waals surface area contributed by atoms with Crippen molar-refractivity contribution < 1.29 is 9.53 Å². The molecule has 3 rings (SSSR count). The van der Waals surface area contributed by atoms with Crippen molar-refractivity contribution in [2.45, 2.75) is 13.5 Å². The van der Waals surface area contributed by atoms with Gasteiger partial charge in [0.05, 0.1) is 30.7 Å². The largest absolute Gasteiger partial charge is 0.449 e. The maximum Gasteiger partial charge on any atom is 0.414 e. The summed E-state index contributed by atoms with van der Waals surface area (Å²) in [6.45, 7) is 2.57. The third-order valence-corrected chi connectivity index (χ3v) is 3.29. The molecule has 0 aliphatic carbocycles. The van der Waals surface area contributed by atoms with E-state index in [0.29, 0.717) is 18.2 Å². The Morgan fingerprint density at radius 1 is 1.58 bits per heavy atom. The number of amides is 1. The molecule has 1 amide bonds. The van der Waals surface area contributed by atoms with Crippen molar-refractivity contribution in [3.63, 3.8) is 0 Å². The van der Waals surface area contributed by atoms with E-state index < -0.39 is 0 Å². The summed E-state index contributed by atoms with van der Waals surface area (Å²) in [5.74, 6) is 0. The van der Waals surface area contributed by atoms with Gasteiger partial charge in [0.2, 0.25) is 0 Å². The van der Waals surface area contributed by atoms with Crippen LogP contribution >= 0.6 is 11.6 Å². The Morgan fingerprint density at radius 3 is 3.21 bits per heavy atom. The number of nitrogens with zero attached hydrogens (tertiary/aromatic N) is 2. The molecule has 0 saturated heterocycles. The summed E-state index contributed by atoms with van der Waals surface area (Å²) >= 11 is 6.03. The first-order valence-corrected chi connectivity index (χ1v) is 6.35. The van der Waals surface area contributed by atoms with Gasteiger partial charge < -0.3 is 4.74 Å². The topological polar surface area (TPSA) is 58.2 Å². The van der Waals surface area contributed by atoms with Gasteiger partial charge in [-0.2, -0.15) is 5.10 Å². The summed E-state index contributed by atoms with van der Waals surface area (Å²) in [6.07, 6.45) is 1.35. The number of carbonyl (C=O) groups excluding carboxylic acids is 1. The Bertz CT molecular complexity index is 639. The number of hydrogen-bond donors (Lipinski definition) is 1. The van der Waals surface area contributed by atoms with Crippen LogP contribution in [0.5, 0.6) is 0 Å². The fraction of sp³-hybridized carbons (Fsp3) is 0.231. The molecule has 19 heavy (non-hydrogen) atoms. The van der Waals surface area contributed by atoms with E-state index in [1.807, 2.05) is 12.1 Å². The normalized spacial score (nSPS) is 12.8. The minimum Gasteiger partial charge on any atom is -0.449 e. The van der Waals surface area contributed by atoms with Crippen LogP contribution in [-0.2, 0) is 11.3 Å². The van der Waals surface area contributed by atoms with E-state index in [1.54, 1.807) is 24.1 Å². The summed E-state index contributed by atoms with van der Waals surface area (Å²) < 4.78 is 5.08. The average Bonchev–Trinajstić information content (AvgIpc) is 2.86. The predicted molar refractivity (Wildman–Crippen MR) is 72.2 cm³/mol. The van der Waals surface area contributed by atoms with Gasteiger partial charge in [0.1, 0.15) is 0 Å². The number of aromatic amines is 1. The molecule has 1 N–H and O–H groups in total. The molecule has 5 nitrogen and oxygen atoms in total. The molecule has 98 valence electrons. The Balaban J connectivity index is 2.12. The summed E-state index contributed by atoms with van der Waals surface area (Å²) in [4.78, 5) is 13.6. The zero-order valence-electron chi connectivity index (χ0n) is 10.3. The molecule has 0 radical (unpaired) electrons. The lowest BCUT2D eigenvalue weighted by Crippen LogP contribution is -2.33. The van der Waals surface area contributed by atoms with Crippen molar-refractivity contribution in [2.24, 2.45) is 0 Å². The Kier molecular flexibility index (Phi) is 2.91. The van der Waals surface area contributed by atoms with Gasteiger partial charge in [-0.15, -0.1) is 0 Å². The maximum atomic E-state index is 12.0. The number of fused-ring (bicyclic) bond motifs is 3.